The fraction of sp³-hybridized carbons (Fsp3) is 0. The van der Waals surface area contributed by atoms with Crippen LogP contribution in [-0.2, 0) is 21.1 Å². The number of pyridine rings is 2. The van der Waals surface area contributed by atoms with Gasteiger partial charge in [0.25, 0.3) is 0 Å². The number of aromatic nitrogens is 3. The molecule has 3 aromatic heterocycles. The molecule has 45 heavy (non-hydrogen) atoms. The molecule has 0 N–H and O–H groups in total. The minimum Gasteiger partial charge on any atom is -0.460 e. The van der Waals surface area contributed by atoms with Gasteiger partial charge in [0.1, 0.15) is 5.82 Å². The van der Waals surface area contributed by atoms with Crippen LogP contribution < -0.4 is 4.74 Å². The molecule has 0 fully saturated rings. The van der Waals surface area contributed by atoms with E-state index < -0.39 is 0 Å². The van der Waals surface area contributed by atoms with Crippen LogP contribution in [0.25, 0.3) is 61.0 Å². The first-order valence-corrected chi connectivity index (χ1v) is 14.5. The van der Waals surface area contributed by atoms with Gasteiger partial charge < -0.3 is 9.30 Å². The largest absolute Gasteiger partial charge is 2.00 e. The molecular formula is C40H25N3OPt. The number of rotatable bonds is 6. The summed E-state index contributed by atoms with van der Waals surface area (Å²) in [6.45, 7) is 0. The van der Waals surface area contributed by atoms with E-state index >= 15 is 0 Å². The monoisotopic (exact) mass is 758 g/mol. The van der Waals surface area contributed by atoms with Crippen LogP contribution in [0.2, 0.25) is 0 Å². The molecule has 0 spiro atoms. The van der Waals surface area contributed by atoms with Crippen LogP contribution in [0.4, 0.5) is 0 Å². The molecule has 4 nitrogen and oxygen atoms in total. The number of fused-ring (bicyclic) bond motifs is 3. The molecule has 0 atom stereocenters. The molecule has 3 heterocycles. The first kappa shape index (κ1) is 28.5. The Morgan fingerprint density at radius 1 is 0.556 bits per heavy atom. The Bertz CT molecular complexity index is 2250. The predicted molar refractivity (Wildman–Crippen MR) is 177 cm³/mol. The standard InChI is InChI=1S/C40H25N3O.Pt/c1-3-12-28(13-4-1)32-25-36(29-14-5-2-6-15-29)40(42-27-32)43-37-19-8-7-18-34(37)35-22-21-31(26-38(35)43)30-16-11-17-33(24-30)44-39-20-9-10-23-41-39;/h1-23,25,27H;/q-2;+2. The zero-order valence-electron chi connectivity index (χ0n) is 24.0. The third kappa shape index (κ3) is 5.46. The molecule has 0 aliphatic rings. The van der Waals surface area contributed by atoms with Gasteiger partial charge in [-0.15, -0.1) is 18.2 Å². The fourth-order valence-electron chi connectivity index (χ4n) is 5.71. The Kier molecular flexibility index (Phi) is 7.81. The maximum Gasteiger partial charge on any atom is 2.00 e. The summed E-state index contributed by atoms with van der Waals surface area (Å²) in [7, 11) is 0. The molecule has 5 aromatic carbocycles. The average molecular weight is 759 g/mol. The summed E-state index contributed by atoms with van der Waals surface area (Å²) >= 11 is 0. The van der Waals surface area contributed by atoms with Gasteiger partial charge in [-0.1, -0.05) is 90.3 Å². The van der Waals surface area contributed by atoms with Crippen molar-refractivity contribution in [3.63, 3.8) is 0 Å². The van der Waals surface area contributed by atoms with Crippen LogP contribution >= 0.6 is 0 Å². The van der Waals surface area contributed by atoms with Crippen LogP contribution in [0.5, 0.6) is 11.6 Å². The van der Waals surface area contributed by atoms with Crippen LogP contribution in [-0.4, -0.2) is 14.5 Å². The summed E-state index contributed by atoms with van der Waals surface area (Å²) in [5.41, 5.74) is 8.16. The SMILES string of the molecule is [Pt+2].[c-]1c(Oc2ccccn2)cccc1-c1[c-]c2c(cc1)c1ccccc1n2-c1ncc(-c2ccccc2)cc1-c1ccccc1. The van der Waals surface area contributed by atoms with Crippen molar-refractivity contribution in [2.24, 2.45) is 0 Å². The van der Waals surface area contributed by atoms with Crippen molar-refractivity contribution < 1.29 is 25.8 Å². The van der Waals surface area contributed by atoms with E-state index in [2.05, 4.69) is 113 Å². The van der Waals surface area contributed by atoms with Crippen LogP contribution in [0.3, 0.4) is 0 Å². The van der Waals surface area contributed by atoms with Gasteiger partial charge in [-0.05, 0) is 40.2 Å². The maximum absolute atomic E-state index is 5.99. The quantitative estimate of drug-likeness (QED) is 0.159. The summed E-state index contributed by atoms with van der Waals surface area (Å²) < 4.78 is 8.22. The number of para-hydroxylation sites is 1. The molecule has 216 valence electrons. The second kappa shape index (κ2) is 12.4. The van der Waals surface area contributed by atoms with Crippen LogP contribution in [0, 0.1) is 12.1 Å². The van der Waals surface area contributed by atoms with Gasteiger partial charge in [-0.2, -0.15) is 24.3 Å². The predicted octanol–water partition coefficient (Wildman–Crippen LogP) is 9.96. The third-order valence-electron chi connectivity index (χ3n) is 7.76. The van der Waals surface area contributed by atoms with Crippen molar-refractivity contribution in [2.45, 2.75) is 0 Å². The molecule has 0 saturated heterocycles. The van der Waals surface area contributed by atoms with Crippen molar-refractivity contribution in [2.75, 3.05) is 0 Å². The maximum atomic E-state index is 5.99. The van der Waals surface area contributed by atoms with Crippen molar-refractivity contribution in [3.05, 3.63) is 164 Å². The number of ether oxygens (including phenoxy) is 1. The zero-order valence-corrected chi connectivity index (χ0v) is 26.3. The third-order valence-corrected chi connectivity index (χ3v) is 7.76. The Labute approximate surface area is 275 Å². The smallest absolute Gasteiger partial charge is 0.460 e. The van der Waals surface area contributed by atoms with Gasteiger partial charge in [0.2, 0.25) is 5.88 Å². The summed E-state index contributed by atoms with van der Waals surface area (Å²) in [4.78, 5) is 9.43. The van der Waals surface area contributed by atoms with Gasteiger partial charge in [0, 0.05) is 40.9 Å². The molecule has 0 aliphatic heterocycles. The summed E-state index contributed by atoms with van der Waals surface area (Å²) in [5.74, 6) is 1.98. The summed E-state index contributed by atoms with van der Waals surface area (Å²) in [6, 6.07) is 54.4. The summed E-state index contributed by atoms with van der Waals surface area (Å²) in [6.07, 6.45) is 3.68. The van der Waals surface area contributed by atoms with E-state index in [4.69, 9.17) is 9.72 Å². The van der Waals surface area contributed by atoms with E-state index in [1.165, 1.54) is 0 Å². The number of benzene rings is 5. The molecule has 0 aliphatic carbocycles. The van der Waals surface area contributed by atoms with Gasteiger partial charge in [0.05, 0.1) is 0 Å². The molecule has 0 amide bonds. The number of nitrogens with zero attached hydrogens (tertiary/aromatic N) is 3. The molecule has 0 unspecified atom stereocenters. The van der Waals surface area contributed by atoms with Crippen molar-refractivity contribution >= 4 is 21.8 Å². The molecule has 0 radical (unpaired) electrons. The van der Waals surface area contributed by atoms with E-state index in [9.17, 15) is 0 Å². The van der Waals surface area contributed by atoms with Gasteiger partial charge in [0.15, 0.2) is 0 Å². The van der Waals surface area contributed by atoms with Crippen LogP contribution in [0.1, 0.15) is 0 Å². The van der Waals surface area contributed by atoms with E-state index in [0.29, 0.717) is 11.6 Å². The zero-order chi connectivity index (χ0) is 29.3. The molecule has 5 heteroatoms. The first-order valence-electron chi connectivity index (χ1n) is 14.5. The molecular weight excluding hydrogens is 734 g/mol. The van der Waals surface area contributed by atoms with E-state index in [1.54, 1.807) is 6.20 Å². The Morgan fingerprint density at radius 3 is 2.09 bits per heavy atom. The molecule has 8 aromatic rings. The molecule has 0 bridgehead atoms. The second-order valence-electron chi connectivity index (χ2n) is 10.5. The minimum absolute atomic E-state index is 0. The number of hydrogen-bond acceptors (Lipinski definition) is 3. The van der Waals surface area contributed by atoms with E-state index in [0.717, 1.165) is 61.0 Å². The Morgan fingerprint density at radius 2 is 1.29 bits per heavy atom. The van der Waals surface area contributed by atoms with Crippen LogP contribution in [0.15, 0.2) is 152 Å². The second-order valence-corrected chi connectivity index (χ2v) is 10.5. The van der Waals surface area contributed by atoms with Crippen molar-refractivity contribution in [1.29, 1.82) is 0 Å². The number of hydrogen-bond donors (Lipinski definition) is 0. The van der Waals surface area contributed by atoms with Gasteiger partial charge in [-0.3, -0.25) is 0 Å². The van der Waals surface area contributed by atoms with E-state index in [-0.39, 0.29) is 21.1 Å². The van der Waals surface area contributed by atoms with Gasteiger partial charge in [-0.25, -0.2) is 21.1 Å². The van der Waals surface area contributed by atoms with Gasteiger partial charge >= 0.3 is 21.1 Å². The molecule has 8 rings (SSSR count). The first-order chi connectivity index (χ1) is 21.8. The topological polar surface area (TPSA) is 39.9 Å². The Hall–Kier alpha value is -5.31. The normalized spacial score (nSPS) is 10.9. The average Bonchev–Trinajstić information content (AvgIpc) is 3.43. The van der Waals surface area contributed by atoms with Crippen molar-refractivity contribution in [1.82, 2.24) is 14.5 Å². The summed E-state index contributed by atoms with van der Waals surface area (Å²) in [5, 5.41) is 2.26. The minimum atomic E-state index is 0. The molecule has 0 saturated carbocycles. The van der Waals surface area contributed by atoms with Crippen molar-refractivity contribution in [3.8, 4) is 50.8 Å². The Balaban J connectivity index is 0.00000325. The van der Waals surface area contributed by atoms with E-state index in [1.807, 2.05) is 54.7 Å². The fourth-order valence-corrected chi connectivity index (χ4v) is 5.71.